The largest absolute Gasteiger partial charge is 0.454 e. The molecule has 176 valence electrons. The molecule has 1 heterocycles. The van der Waals surface area contributed by atoms with Gasteiger partial charge in [0.25, 0.3) is 0 Å². The molecule has 2 aromatic rings. The molecule has 0 bridgehead atoms. The van der Waals surface area contributed by atoms with E-state index in [0.717, 1.165) is 0 Å². The minimum absolute atomic E-state index is 0.0956. The average molecular weight is 590 g/mol. The van der Waals surface area contributed by atoms with E-state index in [4.69, 9.17) is 29.8 Å². The van der Waals surface area contributed by atoms with E-state index < -0.39 is 12.1 Å². The topological polar surface area (TPSA) is 108 Å². The van der Waals surface area contributed by atoms with Crippen molar-refractivity contribution in [2.24, 2.45) is 0 Å². The number of esters is 1. The fourth-order valence-electron chi connectivity index (χ4n) is 3.63. The summed E-state index contributed by atoms with van der Waals surface area (Å²) in [5.41, 5.74) is 8.90. The van der Waals surface area contributed by atoms with Gasteiger partial charge in [-0.2, -0.15) is 0 Å². The highest BCUT2D eigenvalue weighted by Gasteiger charge is 2.29. The van der Waals surface area contributed by atoms with E-state index in [1.165, 1.54) is 0 Å². The van der Waals surface area contributed by atoms with Gasteiger partial charge in [0, 0.05) is 29.3 Å². The number of fused-ring (bicyclic) bond motifs is 2. The van der Waals surface area contributed by atoms with E-state index in [-0.39, 0.29) is 12.0 Å². The van der Waals surface area contributed by atoms with Crippen molar-refractivity contribution >= 4 is 54.5 Å². The number of hydrogen-bond acceptors (Lipinski definition) is 7. The number of hydrogen-bond donors (Lipinski definition) is 2. The molecule has 1 aliphatic carbocycles. The third-order valence-electron chi connectivity index (χ3n) is 5.29. The quantitative estimate of drug-likeness (QED) is 0.118. The van der Waals surface area contributed by atoms with E-state index in [1.807, 2.05) is 12.1 Å². The second-order valence-electron chi connectivity index (χ2n) is 7.49. The highest BCUT2D eigenvalue weighted by atomic mass is 79.9. The van der Waals surface area contributed by atoms with Gasteiger partial charge in [-0.3, -0.25) is 5.41 Å². The Bertz CT molecular complexity index is 1360. The van der Waals surface area contributed by atoms with Crippen LogP contribution < -0.4 is 11.1 Å². The van der Waals surface area contributed by atoms with Gasteiger partial charge in [0.05, 0.1) is 39.7 Å². The van der Waals surface area contributed by atoms with E-state index in [9.17, 15) is 4.79 Å². The minimum atomic E-state index is -0.773. The summed E-state index contributed by atoms with van der Waals surface area (Å²) < 4.78 is 24.2. The molecule has 1 atom stereocenters. The van der Waals surface area contributed by atoms with Crippen LogP contribution in [-0.4, -0.2) is 32.9 Å². The van der Waals surface area contributed by atoms with Crippen LogP contribution in [0.15, 0.2) is 68.0 Å². The summed E-state index contributed by atoms with van der Waals surface area (Å²) in [6, 6.07) is 15.8. The van der Waals surface area contributed by atoms with Gasteiger partial charge in [0.15, 0.2) is 17.4 Å². The lowest BCUT2D eigenvalue weighted by Gasteiger charge is -2.24. The Kier molecular flexibility index (Phi) is 7.67. The summed E-state index contributed by atoms with van der Waals surface area (Å²) in [4.78, 5) is 13.0. The molecule has 7 nitrogen and oxygen atoms in total. The van der Waals surface area contributed by atoms with Gasteiger partial charge in [-0.25, -0.2) is 4.79 Å². The molecule has 0 radical (unpaired) electrons. The lowest BCUT2D eigenvalue weighted by molar-refractivity contribution is -0.0140. The zero-order valence-corrected chi connectivity index (χ0v) is 21.4. The van der Waals surface area contributed by atoms with Gasteiger partial charge in [-0.05, 0) is 68.3 Å². The van der Waals surface area contributed by atoms with Crippen molar-refractivity contribution in [1.29, 1.82) is 5.41 Å². The summed E-state index contributed by atoms with van der Waals surface area (Å²) in [7, 11) is 1.59. The molecule has 1 unspecified atom stereocenters. The normalized spacial score (nSPS) is 12.2. The highest BCUT2D eigenvalue weighted by molar-refractivity contribution is 9.11. The van der Waals surface area contributed by atoms with Gasteiger partial charge in [-0.1, -0.05) is 18.2 Å². The molecule has 2 aromatic carbocycles. The second-order valence-corrected chi connectivity index (χ2v) is 9.08. The Morgan fingerprint density at radius 3 is 2.56 bits per heavy atom. The number of ether oxygens (including phenoxy) is 3. The van der Waals surface area contributed by atoms with Crippen LogP contribution in [0.25, 0.3) is 22.3 Å². The molecule has 0 saturated heterocycles. The molecular formula is C25H22Br2N2O5. The molecule has 1 aliphatic heterocycles. The van der Waals surface area contributed by atoms with Crippen molar-refractivity contribution in [1.82, 2.24) is 0 Å². The smallest absolute Gasteiger partial charge is 0.338 e. The maximum Gasteiger partial charge on any atom is 0.338 e. The van der Waals surface area contributed by atoms with E-state index in [1.54, 1.807) is 49.6 Å². The summed E-state index contributed by atoms with van der Waals surface area (Å²) in [6.45, 7) is 0.833. The standard InChI is InChI=1S/C25H22Br2N2O5/c1-31-11-12-32-13-19(33-25(30)14-5-3-2-4-6-14)20-15-7-9-17(28)21(26)23(15)34-24-16(20)8-10-18(29)22(24)27/h2-10,19,28H,11-13,29H2,1H3. The summed E-state index contributed by atoms with van der Waals surface area (Å²) in [5, 5.41) is 9.17. The van der Waals surface area contributed by atoms with Crippen LogP contribution in [0.4, 0.5) is 5.69 Å². The third kappa shape index (κ3) is 4.88. The number of anilines is 1. The van der Waals surface area contributed by atoms with Gasteiger partial charge in [0.2, 0.25) is 0 Å². The first kappa shape index (κ1) is 24.4. The summed E-state index contributed by atoms with van der Waals surface area (Å²) in [6.07, 6.45) is -0.773. The van der Waals surface area contributed by atoms with Crippen LogP contribution in [0.3, 0.4) is 0 Å². The number of nitrogens with two attached hydrogens (primary N) is 1. The number of carbonyl (C=O) groups excluding carboxylic acids is 1. The van der Waals surface area contributed by atoms with Crippen LogP contribution in [0.2, 0.25) is 0 Å². The molecule has 0 spiro atoms. The first-order valence-electron chi connectivity index (χ1n) is 10.4. The van der Waals surface area contributed by atoms with Crippen LogP contribution in [-0.2, 0) is 14.2 Å². The Morgan fingerprint density at radius 2 is 1.82 bits per heavy atom. The fourth-order valence-corrected chi connectivity index (χ4v) is 4.48. The first-order valence-corrected chi connectivity index (χ1v) is 12.0. The molecule has 0 saturated carbocycles. The van der Waals surface area contributed by atoms with E-state index >= 15 is 0 Å². The Labute approximate surface area is 212 Å². The third-order valence-corrected chi connectivity index (χ3v) is 6.90. The molecular weight excluding hydrogens is 568 g/mol. The van der Waals surface area contributed by atoms with Crippen LogP contribution in [0.1, 0.15) is 22.0 Å². The molecule has 0 fully saturated rings. The Morgan fingerprint density at radius 1 is 1.06 bits per heavy atom. The van der Waals surface area contributed by atoms with Crippen molar-refractivity contribution < 1.29 is 23.4 Å². The first-order chi connectivity index (χ1) is 16.4. The summed E-state index contributed by atoms with van der Waals surface area (Å²) in [5.74, 6) is -0.0346. The lowest BCUT2D eigenvalue weighted by atomic mass is 9.95. The molecule has 3 N–H and O–H groups in total. The predicted molar refractivity (Wildman–Crippen MR) is 136 cm³/mol. The van der Waals surface area contributed by atoms with Crippen molar-refractivity contribution in [2.45, 2.75) is 6.10 Å². The van der Waals surface area contributed by atoms with Crippen LogP contribution >= 0.6 is 31.9 Å². The van der Waals surface area contributed by atoms with Crippen molar-refractivity contribution in [3.63, 3.8) is 0 Å². The predicted octanol–water partition coefficient (Wildman–Crippen LogP) is 5.69. The average Bonchev–Trinajstić information content (AvgIpc) is 2.85. The van der Waals surface area contributed by atoms with Crippen molar-refractivity contribution in [3.8, 4) is 11.3 Å². The summed E-state index contributed by atoms with van der Waals surface area (Å²) >= 11 is 6.99. The Hall–Kier alpha value is -2.72. The van der Waals surface area contributed by atoms with Gasteiger partial charge >= 0.3 is 5.97 Å². The fraction of sp³-hybridized carbons (Fsp3) is 0.200. The molecule has 0 aromatic heterocycles. The number of halogens is 2. The maximum absolute atomic E-state index is 13.0. The number of nitrogen functional groups attached to an aromatic ring is 1. The van der Waals surface area contributed by atoms with Gasteiger partial charge < -0.3 is 24.4 Å². The van der Waals surface area contributed by atoms with Gasteiger partial charge in [0.1, 0.15) is 0 Å². The number of rotatable bonds is 8. The number of nitrogens with one attached hydrogen (secondary N) is 1. The molecule has 34 heavy (non-hydrogen) atoms. The van der Waals surface area contributed by atoms with Crippen molar-refractivity contribution in [2.75, 3.05) is 32.7 Å². The van der Waals surface area contributed by atoms with Crippen molar-refractivity contribution in [3.05, 3.63) is 80.0 Å². The molecule has 4 rings (SSSR count). The number of carbonyl (C=O) groups is 1. The number of benzene rings is 3. The Balaban J connectivity index is 1.91. The van der Waals surface area contributed by atoms with Crippen LogP contribution in [0, 0.1) is 5.41 Å². The molecule has 9 heteroatoms. The van der Waals surface area contributed by atoms with Gasteiger partial charge in [-0.15, -0.1) is 0 Å². The molecule has 2 aliphatic rings. The van der Waals surface area contributed by atoms with E-state index in [0.29, 0.717) is 61.3 Å². The number of methoxy groups -OCH3 is 1. The molecule has 0 amide bonds. The van der Waals surface area contributed by atoms with Crippen LogP contribution in [0.5, 0.6) is 0 Å². The lowest BCUT2D eigenvalue weighted by Crippen LogP contribution is -2.20. The monoisotopic (exact) mass is 588 g/mol. The zero-order valence-electron chi connectivity index (χ0n) is 18.3. The maximum atomic E-state index is 13.0. The van der Waals surface area contributed by atoms with E-state index in [2.05, 4.69) is 31.9 Å². The SMILES string of the molecule is COCCOCC(OC(=O)c1ccccc1)c1c2ccc(=N)c(Br)c-2oc2c(Br)c(N)ccc12. The highest BCUT2D eigenvalue weighted by Crippen LogP contribution is 2.44. The second kappa shape index (κ2) is 10.7. The minimum Gasteiger partial charge on any atom is -0.454 e. The zero-order chi connectivity index (χ0) is 24.2.